The first-order chi connectivity index (χ1) is 8.79. The summed E-state index contributed by atoms with van der Waals surface area (Å²) in [5, 5.41) is 15.2. The van der Waals surface area contributed by atoms with Crippen molar-refractivity contribution in [2.75, 3.05) is 0 Å². The first-order valence-corrected chi connectivity index (χ1v) is 6.36. The molecular formula is C13H12BrFN2O2. The van der Waals surface area contributed by atoms with E-state index in [-0.39, 0.29) is 5.69 Å². The summed E-state index contributed by atoms with van der Waals surface area (Å²) in [6, 6.07) is 6.53. The molecule has 0 unspecified atom stereocenters. The Morgan fingerprint density at radius 2 is 2.11 bits per heavy atom. The van der Waals surface area contributed by atoms with E-state index in [2.05, 4.69) is 26.1 Å². The lowest BCUT2D eigenvalue weighted by Crippen LogP contribution is -2.09. The van der Waals surface area contributed by atoms with E-state index < -0.39 is 11.6 Å². The van der Waals surface area contributed by atoms with Gasteiger partial charge in [0.05, 0.1) is 5.69 Å². The average Bonchev–Trinajstić information content (AvgIpc) is 2.76. The second kappa shape index (κ2) is 4.77. The Morgan fingerprint density at radius 3 is 2.58 bits per heavy atom. The number of benzene rings is 1. The fourth-order valence-corrected chi connectivity index (χ4v) is 2.59. The number of aromatic nitrogens is 2. The third kappa shape index (κ3) is 2.84. The summed E-state index contributed by atoms with van der Waals surface area (Å²) in [6.07, 6.45) is 0. The lowest BCUT2D eigenvalue weighted by atomic mass is 9.98. The molecular weight excluding hydrogens is 315 g/mol. The third-order valence-corrected chi connectivity index (χ3v) is 3.37. The molecule has 0 bridgehead atoms. The van der Waals surface area contributed by atoms with Gasteiger partial charge in [-0.3, -0.25) is 5.10 Å². The molecule has 0 aliphatic heterocycles. The Bertz CT molecular complexity index is 632. The number of nitrogens with zero attached hydrogens (tertiary/aromatic N) is 1. The number of hydrogen-bond acceptors (Lipinski definition) is 2. The normalized spacial score (nSPS) is 11.6. The minimum Gasteiger partial charge on any atom is -0.477 e. The topological polar surface area (TPSA) is 66.0 Å². The van der Waals surface area contributed by atoms with Crippen LogP contribution >= 0.6 is 15.9 Å². The maximum absolute atomic E-state index is 13.9. The number of halogens is 2. The van der Waals surface area contributed by atoms with Gasteiger partial charge >= 0.3 is 5.97 Å². The number of rotatable bonds is 3. The van der Waals surface area contributed by atoms with Gasteiger partial charge in [-0.05, 0) is 26.0 Å². The monoisotopic (exact) mass is 326 g/mol. The zero-order valence-electron chi connectivity index (χ0n) is 10.4. The Labute approximate surface area is 117 Å². The van der Waals surface area contributed by atoms with E-state index in [9.17, 15) is 9.18 Å². The molecule has 1 aromatic heterocycles. The van der Waals surface area contributed by atoms with E-state index in [4.69, 9.17) is 5.11 Å². The van der Waals surface area contributed by atoms with Gasteiger partial charge in [0.15, 0.2) is 0 Å². The first kappa shape index (κ1) is 13.7. The van der Waals surface area contributed by atoms with Crippen LogP contribution in [0.1, 0.15) is 29.9 Å². The van der Waals surface area contributed by atoms with E-state index in [0.717, 1.165) is 0 Å². The number of aromatic amines is 1. The number of carbonyl (C=O) groups is 1. The molecule has 0 aliphatic rings. The van der Waals surface area contributed by atoms with Crippen LogP contribution in [-0.4, -0.2) is 21.3 Å². The molecule has 0 fully saturated rings. The molecule has 2 aromatic rings. The van der Waals surface area contributed by atoms with E-state index in [1.165, 1.54) is 19.9 Å². The molecule has 100 valence electrons. The van der Waals surface area contributed by atoms with Crippen molar-refractivity contribution < 1.29 is 14.3 Å². The van der Waals surface area contributed by atoms with Gasteiger partial charge in [0, 0.05) is 15.6 Å². The van der Waals surface area contributed by atoms with Crippen LogP contribution in [0.5, 0.6) is 0 Å². The number of carboxylic acid groups (broad SMARTS) is 1. The van der Waals surface area contributed by atoms with Crippen molar-refractivity contribution in [3.05, 3.63) is 40.0 Å². The summed E-state index contributed by atoms with van der Waals surface area (Å²) in [4.78, 5) is 10.8. The van der Waals surface area contributed by atoms with Crippen LogP contribution in [0.15, 0.2) is 28.7 Å². The van der Waals surface area contributed by atoms with Crippen LogP contribution in [0, 0.1) is 0 Å². The van der Waals surface area contributed by atoms with Crippen molar-refractivity contribution in [3.63, 3.8) is 0 Å². The number of nitrogens with one attached hydrogen (secondary N) is 1. The van der Waals surface area contributed by atoms with Crippen molar-refractivity contribution in [2.45, 2.75) is 19.5 Å². The zero-order valence-corrected chi connectivity index (χ0v) is 12.0. The number of carboxylic acids is 1. The molecule has 2 N–H and O–H groups in total. The second-order valence-corrected chi connectivity index (χ2v) is 5.49. The van der Waals surface area contributed by atoms with Crippen molar-refractivity contribution in [3.8, 4) is 11.3 Å². The predicted molar refractivity (Wildman–Crippen MR) is 72.8 cm³/mol. The smallest absolute Gasteiger partial charge is 0.353 e. The fourth-order valence-electron chi connectivity index (χ4n) is 1.74. The van der Waals surface area contributed by atoms with E-state index in [1.807, 2.05) is 0 Å². The van der Waals surface area contributed by atoms with Crippen LogP contribution in [0.2, 0.25) is 0 Å². The van der Waals surface area contributed by atoms with E-state index >= 15 is 0 Å². The van der Waals surface area contributed by atoms with Gasteiger partial charge in [-0.25, -0.2) is 9.18 Å². The molecule has 0 aliphatic carbocycles. The molecule has 0 spiro atoms. The maximum atomic E-state index is 13.9. The minimum atomic E-state index is -1.45. The summed E-state index contributed by atoms with van der Waals surface area (Å²) in [5.74, 6) is -1.07. The molecule has 4 nitrogen and oxygen atoms in total. The van der Waals surface area contributed by atoms with Gasteiger partial charge < -0.3 is 5.11 Å². The zero-order chi connectivity index (χ0) is 14.2. The van der Waals surface area contributed by atoms with E-state index in [0.29, 0.717) is 21.3 Å². The SMILES string of the molecule is CC(C)(F)c1ccc(-c2cc(C(=O)O)[nH]n2)cc1Br. The highest BCUT2D eigenvalue weighted by atomic mass is 79.9. The molecule has 0 saturated carbocycles. The Morgan fingerprint density at radius 1 is 1.42 bits per heavy atom. The van der Waals surface area contributed by atoms with Crippen LogP contribution in [0.3, 0.4) is 0 Å². The summed E-state index contributed by atoms with van der Waals surface area (Å²) >= 11 is 3.32. The number of H-pyrrole nitrogens is 1. The highest BCUT2D eigenvalue weighted by Crippen LogP contribution is 2.34. The van der Waals surface area contributed by atoms with Crippen LogP contribution in [0.4, 0.5) is 4.39 Å². The maximum Gasteiger partial charge on any atom is 0.353 e. The third-order valence-electron chi connectivity index (χ3n) is 2.71. The quantitative estimate of drug-likeness (QED) is 0.902. The van der Waals surface area contributed by atoms with Crippen molar-refractivity contribution >= 4 is 21.9 Å². The molecule has 1 heterocycles. The molecule has 19 heavy (non-hydrogen) atoms. The van der Waals surface area contributed by atoms with Gasteiger partial charge in [0.1, 0.15) is 11.4 Å². The highest BCUT2D eigenvalue weighted by molar-refractivity contribution is 9.10. The molecule has 1 aromatic carbocycles. The van der Waals surface area contributed by atoms with Crippen molar-refractivity contribution in [1.29, 1.82) is 0 Å². The van der Waals surface area contributed by atoms with Gasteiger partial charge in [-0.15, -0.1) is 0 Å². The van der Waals surface area contributed by atoms with E-state index in [1.54, 1.807) is 18.2 Å². The molecule has 0 atom stereocenters. The Kier molecular flexibility index (Phi) is 3.45. The first-order valence-electron chi connectivity index (χ1n) is 5.57. The average molecular weight is 327 g/mol. The standard InChI is InChI=1S/C13H12BrFN2O2/c1-13(2,15)8-4-3-7(5-9(8)14)10-6-11(12(18)19)17-16-10/h3-6H,1-2H3,(H,16,17)(H,18,19). The molecule has 0 amide bonds. The van der Waals surface area contributed by atoms with Gasteiger partial charge in [-0.2, -0.15) is 5.10 Å². The summed E-state index contributed by atoms with van der Waals surface area (Å²) < 4.78 is 14.5. The lowest BCUT2D eigenvalue weighted by Gasteiger charge is -2.16. The minimum absolute atomic E-state index is 0.0148. The summed E-state index contributed by atoms with van der Waals surface area (Å²) in [7, 11) is 0. The van der Waals surface area contributed by atoms with Gasteiger partial charge in [0.25, 0.3) is 0 Å². The van der Waals surface area contributed by atoms with Gasteiger partial charge in [-0.1, -0.05) is 28.1 Å². The van der Waals surface area contributed by atoms with Crippen LogP contribution < -0.4 is 0 Å². The lowest BCUT2D eigenvalue weighted by molar-refractivity contribution is 0.0690. The second-order valence-electron chi connectivity index (χ2n) is 4.64. The summed E-state index contributed by atoms with van der Waals surface area (Å²) in [6.45, 7) is 2.95. The fraction of sp³-hybridized carbons (Fsp3) is 0.231. The van der Waals surface area contributed by atoms with Crippen molar-refractivity contribution in [1.82, 2.24) is 10.2 Å². The summed E-state index contributed by atoms with van der Waals surface area (Å²) in [5.41, 5.74) is 0.311. The molecule has 2 rings (SSSR count). The number of alkyl halides is 1. The Balaban J connectivity index is 2.41. The van der Waals surface area contributed by atoms with Gasteiger partial charge in [0.2, 0.25) is 0 Å². The Hall–Kier alpha value is -1.69. The van der Waals surface area contributed by atoms with Crippen LogP contribution in [-0.2, 0) is 5.67 Å². The van der Waals surface area contributed by atoms with Crippen LogP contribution in [0.25, 0.3) is 11.3 Å². The molecule has 0 saturated heterocycles. The molecule has 0 radical (unpaired) electrons. The largest absolute Gasteiger partial charge is 0.477 e. The number of hydrogen-bond donors (Lipinski definition) is 2. The number of aromatic carboxylic acids is 1. The van der Waals surface area contributed by atoms with Crippen molar-refractivity contribution in [2.24, 2.45) is 0 Å². The predicted octanol–water partition coefficient (Wildman–Crippen LogP) is 3.74. The highest BCUT2D eigenvalue weighted by Gasteiger charge is 2.22. The molecule has 6 heteroatoms.